The SMILES string of the molecule is Cc1cccc(F)c1-n1nc2c(-c3ccc(N4CCN5C(=O)OCC5C4)nc3)n[nH]c2cc1=O. The third kappa shape index (κ3) is 3.19. The lowest BCUT2D eigenvalue weighted by atomic mass is 10.1. The van der Waals surface area contributed by atoms with Crippen molar-refractivity contribution in [2.45, 2.75) is 13.0 Å². The van der Waals surface area contributed by atoms with Crippen LogP contribution in [0.25, 0.3) is 28.0 Å². The van der Waals surface area contributed by atoms with E-state index in [-0.39, 0.29) is 17.8 Å². The number of aryl methyl sites for hydroxylation is 1. The molecule has 0 bridgehead atoms. The molecule has 2 aliphatic heterocycles. The molecular formula is C23H20FN7O3. The Morgan fingerprint density at radius 1 is 1.18 bits per heavy atom. The van der Waals surface area contributed by atoms with Gasteiger partial charge in [0.1, 0.15) is 35.1 Å². The van der Waals surface area contributed by atoms with Crippen molar-refractivity contribution in [1.82, 2.24) is 29.9 Å². The minimum absolute atomic E-state index is 0.0285. The summed E-state index contributed by atoms with van der Waals surface area (Å²) in [5, 5.41) is 11.6. The molecule has 5 heterocycles. The fraction of sp³-hybridized carbons (Fsp3) is 0.261. The van der Waals surface area contributed by atoms with E-state index in [0.717, 1.165) is 10.5 Å². The summed E-state index contributed by atoms with van der Waals surface area (Å²) in [6.45, 7) is 4.02. The zero-order valence-corrected chi connectivity index (χ0v) is 18.2. The van der Waals surface area contributed by atoms with Gasteiger partial charge in [-0.1, -0.05) is 12.1 Å². The zero-order valence-electron chi connectivity index (χ0n) is 18.2. The molecule has 172 valence electrons. The normalized spacial score (nSPS) is 17.8. The second kappa shape index (κ2) is 7.65. The fourth-order valence-electron chi connectivity index (χ4n) is 4.55. The highest BCUT2D eigenvalue weighted by Gasteiger charge is 2.37. The monoisotopic (exact) mass is 461 g/mol. The van der Waals surface area contributed by atoms with Crippen molar-refractivity contribution < 1.29 is 13.9 Å². The van der Waals surface area contributed by atoms with Crippen LogP contribution >= 0.6 is 0 Å². The summed E-state index contributed by atoms with van der Waals surface area (Å²) >= 11 is 0. The molecule has 11 heteroatoms. The van der Waals surface area contributed by atoms with E-state index >= 15 is 0 Å². The predicted molar refractivity (Wildman–Crippen MR) is 121 cm³/mol. The molecule has 1 atom stereocenters. The smallest absolute Gasteiger partial charge is 0.410 e. The maximum atomic E-state index is 14.5. The van der Waals surface area contributed by atoms with Gasteiger partial charge in [0.2, 0.25) is 0 Å². The molecular weight excluding hydrogens is 441 g/mol. The molecule has 0 saturated carbocycles. The Bertz CT molecular complexity index is 1460. The van der Waals surface area contributed by atoms with E-state index in [1.165, 1.54) is 12.1 Å². The number of nitrogens with zero attached hydrogens (tertiary/aromatic N) is 6. The van der Waals surface area contributed by atoms with E-state index in [0.29, 0.717) is 54.1 Å². The van der Waals surface area contributed by atoms with Crippen molar-refractivity contribution in [1.29, 1.82) is 0 Å². The number of carbonyl (C=O) groups excluding carboxylic acids is 1. The Kier molecular flexibility index (Phi) is 4.57. The van der Waals surface area contributed by atoms with Crippen molar-refractivity contribution in [3.05, 3.63) is 64.3 Å². The third-order valence-electron chi connectivity index (χ3n) is 6.31. The quantitative estimate of drug-likeness (QED) is 0.498. The second-order valence-electron chi connectivity index (χ2n) is 8.41. The highest BCUT2D eigenvalue weighted by atomic mass is 19.1. The molecule has 2 saturated heterocycles. The number of H-pyrrole nitrogens is 1. The van der Waals surface area contributed by atoms with Gasteiger partial charge in [0.25, 0.3) is 5.56 Å². The number of ether oxygens (including phenoxy) is 1. The summed E-state index contributed by atoms with van der Waals surface area (Å²) in [7, 11) is 0. The topological polar surface area (TPSA) is 109 Å². The number of amides is 1. The van der Waals surface area contributed by atoms with E-state index < -0.39 is 11.4 Å². The van der Waals surface area contributed by atoms with E-state index in [2.05, 4.69) is 25.2 Å². The zero-order chi connectivity index (χ0) is 23.4. The van der Waals surface area contributed by atoms with Crippen LogP contribution in [0.15, 0.2) is 47.4 Å². The Morgan fingerprint density at radius 3 is 2.85 bits per heavy atom. The summed E-state index contributed by atoms with van der Waals surface area (Å²) in [5.41, 5.74) is 2.36. The van der Waals surface area contributed by atoms with Crippen LogP contribution in [-0.2, 0) is 4.74 Å². The molecule has 4 aromatic rings. The molecule has 2 aliphatic rings. The van der Waals surface area contributed by atoms with Gasteiger partial charge in [-0.3, -0.25) is 14.8 Å². The third-order valence-corrected chi connectivity index (χ3v) is 6.31. The number of anilines is 1. The van der Waals surface area contributed by atoms with Crippen LogP contribution in [0, 0.1) is 12.7 Å². The number of hydrogen-bond acceptors (Lipinski definition) is 7. The number of cyclic esters (lactones) is 1. The number of hydrogen-bond donors (Lipinski definition) is 1. The number of halogens is 1. The lowest BCUT2D eigenvalue weighted by Gasteiger charge is -2.36. The van der Waals surface area contributed by atoms with Crippen molar-refractivity contribution in [3.63, 3.8) is 0 Å². The highest BCUT2D eigenvalue weighted by Crippen LogP contribution is 2.27. The first-order valence-corrected chi connectivity index (χ1v) is 10.9. The number of para-hydroxylation sites is 1. The van der Waals surface area contributed by atoms with E-state index in [9.17, 15) is 14.0 Å². The lowest BCUT2D eigenvalue weighted by molar-refractivity contribution is 0.157. The molecule has 1 unspecified atom stereocenters. The van der Waals surface area contributed by atoms with Gasteiger partial charge in [0, 0.05) is 37.5 Å². The molecule has 0 aliphatic carbocycles. The van der Waals surface area contributed by atoms with E-state index in [1.54, 1.807) is 30.2 Å². The molecule has 34 heavy (non-hydrogen) atoms. The van der Waals surface area contributed by atoms with Crippen LogP contribution in [0.5, 0.6) is 0 Å². The lowest BCUT2D eigenvalue weighted by Crippen LogP contribution is -2.52. The molecule has 1 N–H and O–H groups in total. The van der Waals surface area contributed by atoms with Crippen LogP contribution in [0.4, 0.5) is 15.0 Å². The van der Waals surface area contributed by atoms with Gasteiger partial charge >= 0.3 is 6.09 Å². The van der Waals surface area contributed by atoms with E-state index in [4.69, 9.17) is 4.74 Å². The highest BCUT2D eigenvalue weighted by molar-refractivity contribution is 5.89. The second-order valence-corrected chi connectivity index (χ2v) is 8.41. The minimum Gasteiger partial charge on any atom is -0.447 e. The number of rotatable bonds is 3. The summed E-state index contributed by atoms with van der Waals surface area (Å²) in [4.78, 5) is 32.8. The van der Waals surface area contributed by atoms with Crippen LogP contribution in [-0.4, -0.2) is 68.2 Å². The van der Waals surface area contributed by atoms with Gasteiger partial charge in [-0.25, -0.2) is 14.2 Å². The Balaban J connectivity index is 1.34. The van der Waals surface area contributed by atoms with Crippen molar-refractivity contribution in [3.8, 4) is 16.9 Å². The first-order chi connectivity index (χ1) is 16.5. The van der Waals surface area contributed by atoms with E-state index in [1.807, 2.05) is 12.1 Å². The summed E-state index contributed by atoms with van der Waals surface area (Å²) in [5.74, 6) is 0.258. The number of fused-ring (bicyclic) bond motifs is 2. The number of piperazine rings is 1. The van der Waals surface area contributed by atoms with Gasteiger partial charge in [-0.05, 0) is 30.7 Å². The number of aromatic amines is 1. The average Bonchev–Trinajstić information content (AvgIpc) is 3.42. The van der Waals surface area contributed by atoms with Crippen LogP contribution in [0.2, 0.25) is 0 Å². The molecule has 1 aromatic carbocycles. The molecule has 3 aromatic heterocycles. The molecule has 0 radical (unpaired) electrons. The standard InChI is InChI=1S/C23H20FN7O3/c1-13-3-2-4-16(24)22(13)31-19(32)9-17-21(28-31)20(27-26-17)14-5-6-18(25-10-14)29-7-8-30-15(11-29)12-34-23(30)33/h2-6,9-10,15,26H,7-8,11-12H2,1H3. The van der Waals surface area contributed by atoms with Crippen LogP contribution in [0.1, 0.15) is 5.56 Å². The van der Waals surface area contributed by atoms with Crippen molar-refractivity contribution in [2.75, 3.05) is 31.1 Å². The molecule has 1 amide bonds. The first-order valence-electron chi connectivity index (χ1n) is 10.9. The Labute approximate surface area is 192 Å². The van der Waals surface area contributed by atoms with Gasteiger partial charge in [0.05, 0.1) is 11.6 Å². The van der Waals surface area contributed by atoms with Gasteiger partial charge in [-0.2, -0.15) is 14.9 Å². The Morgan fingerprint density at radius 2 is 2.06 bits per heavy atom. The van der Waals surface area contributed by atoms with Gasteiger partial charge in [0.15, 0.2) is 0 Å². The minimum atomic E-state index is -0.528. The summed E-state index contributed by atoms with van der Waals surface area (Å²) in [6, 6.07) is 9.77. The fourth-order valence-corrected chi connectivity index (χ4v) is 4.55. The molecule has 10 nitrogen and oxygen atoms in total. The number of carbonyl (C=O) groups is 1. The largest absolute Gasteiger partial charge is 0.447 e. The maximum absolute atomic E-state index is 14.5. The average molecular weight is 461 g/mol. The number of nitrogens with one attached hydrogen (secondary N) is 1. The van der Waals surface area contributed by atoms with Crippen molar-refractivity contribution >= 4 is 22.9 Å². The summed E-state index contributed by atoms with van der Waals surface area (Å²) < 4.78 is 20.7. The molecule has 0 spiro atoms. The van der Waals surface area contributed by atoms with Crippen LogP contribution in [0.3, 0.4) is 0 Å². The number of pyridine rings is 1. The first kappa shape index (κ1) is 20.3. The van der Waals surface area contributed by atoms with Gasteiger partial charge < -0.3 is 9.64 Å². The van der Waals surface area contributed by atoms with Crippen molar-refractivity contribution in [2.24, 2.45) is 0 Å². The number of benzene rings is 1. The van der Waals surface area contributed by atoms with Gasteiger partial charge in [-0.15, -0.1) is 0 Å². The maximum Gasteiger partial charge on any atom is 0.410 e. The molecule has 6 rings (SSSR count). The van der Waals surface area contributed by atoms with Crippen LogP contribution < -0.4 is 10.5 Å². The Hall–Kier alpha value is -4.28. The molecule has 2 fully saturated rings. The summed E-state index contributed by atoms with van der Waals surface area (Å²) in [6.07, 6.45) is 1.44. The number of aromatic nitrogens is 5. The predicted octanol–water partition coefficient (Wildman–Crippen LogP) is 2.26.